The Labute approximate surface area is 131 Å². The topological polar surface area (TPSA) is 68.7 Å². The molecule has 6 nitrogen and oxygen atoms in total. The molecular formula is C16H24N4O2. The molecule has 1 atom stereocenters. The molecule has 2 N–H and O–H groups in total. The summed E-state index contributed by atoms with van der Waals surface area (Å²) in [4.78, 5) is 20.6. The van der Waals surface area contributed by atoms with Crippen LogP contribution in [-0.4, -0.2) is 53.3 Å². The van der Waals surface area contributed by atoms with E-state index in [1.807, 2.05) is 12.1 Å². The zero-order chi connectivity index (χ0) is 15.4. The number of hydrogen-bond donors (Lipinski definition) is 2. The van der Waals surface area contributed by atoms with Gasteiger partial charge in [0.2, 0.25) is 0 Å². The zero-order valence-corrected chi connectivity index (χ0v) is 12.9. The lowest BCUT2D eigenvalue weighted by Crippen LogP contribution is -2.44. The van der Waals surface area contributed by atoms with Gasteiger partial charge in [-0.05, 0) is 44.2 Å². The summed E-state index contributed by atoms with van der Waals surface area (Å²) < 4.78 is 0. The molecule has 2 amide bonds. The fourth-order valence-corrected chi connectivity index (χ4v) is 3.11. The van der Waals surface area contributed by atoms with Crippen LogP contribution in [0.2, 0.25) is 0 Å². The van der Waals surface area contributed by atoms with E-state index in [-0.39, 0.29) is 6.03 Å². The number of β-amino-alcohol motifs (C(OH)–C–C–N with tert-alkyl or cyclic N) is 1. The molecule has 0 bridgehead atoms. The maximum Gasteiger partial charge on any atom is 0.321 e. The second kappa shape index (κ2) is 6.96. The number of carbonyl (C=O) groups excluding carboxylic acids is 1. The van der Waals surface area contributed by atoms with Gasteiger partial charge in [-0.3, -0.25) is 0 Å². The second-order valence-electron chi connectivity index (χ2n) is 6.13. The fraction of sp³-hybridized carbons (Fsp3) is 0.625. The summed E-state index contributed by atoms with van der Waals surface area (Å²) in [7, 11) is 0. The van der Waals surface area contributed by atoms with E-state index in [4.69, 9.17) is 0 Å². The molecule has 2 fully saturated rings. The smallest absolute Gasteiger partial charge is 0.321 e. The molecule has 2 aliphatic heterocycles. The fourth-order valence-electron chi connectivity index (χ4n) is 3.11. The number of pyridine rings is 1. The first-order valence-electron chi connectivity index (χ1n) is 8.17. The normalized spacial score (nSPS) is 22.5. The van der Waals surface area contributed by atoms with Crippen molar-refractivity contribution >= 4 is 17.5 Å². The van der Waals surface area contributed by atoms with Crippen molar-refractivity contribution in [3.8, 4) is 0 Å². The third-order valence-electron chi connectivity index (χ3n) is 4.36. The molecule has 120 valence electrons. The predicted molar refractivity (Wildman–Crippen MR) is 86.1 cm³/mol. The van der Waals surface area contributed by atoms with Crippen molar-refractivity contribution in [3.63, 3.8) is 0 Å². The molecule has 0 spiro atoms. The molecule has 3 heterocycles. The standard InChI is InChI=1S/C16H24N4O2/c21-14-5-4-10-20(12-14)16(22)18-13-6-7-15(17-11-13)19-8-2-1-3-9-19/h6-7,11,14,21H,1-5,8-10,12H2,(H,18,22). The molecule has 1 aromatic heterocycles. The highest BCUT2D eigenvalue weighted by Gasteiger charge is 2.22. The molecule has 1 unspecified atom stereocenters. The number of aliphatic hydroxyl groups excluding tert-OH is 1. The van der Waals surface area contributed by atoms with Crippen LogP contribution in [0.3, 0.4) is 0 Å². The van der Waals surface area contributed by atoms with Gasteiger partial charge < -0.3 is 20.2 Å². The minimum absolute atomic E-state index is 0.161. The number of aromatic nitrogens is 1. The Kier molecular flexibility index (Phi) is 4.77. The molecule has 6 heteroatoms. The Bertz CT molecular complexity index is 499. The first-order valence-corrected chi connectivity index (χ1v) is 8.17. The van der Waals surface area contributed by atoms with Crippen molar-refractivity contribution in [2.45, 2.75) is 38.2 Å². The molecule has 2 saturated heterocycles. The van der Waals surface area contributed by atoms with Crippen LogP contribution in [0.25, 0.3) is 0 Å². The molecule has 3 rings (SSSR count). The molecule has 1 aromatic rings. The van der Waals surface area contributed by atoms with E-state index in [0.717, 1.165) is 31.7 Å². The number of nitrogens with zero attached hydrogens (tertiary/aromatic N) is 3. The summed E-state index contributed by atoms with van der Waals surface area (Å²) in [6.45, 7) is 3.22. The number of amides is 2. The van der Waals surface area contributed by atoms with Gasteiger partial charge in [0.1, 0.15) is 5.82 Å². The van der Waals surface area contributed by atoms with E-state index in [2.05, 4.69) is 15.2 Å². The lowest BCUT2D eigenvalue weighted by molar-refractivity contribution is 0.0883. The minimum atomic E-state index is -0.404. The Balaban J connectivity index is 1.57. The van der Waals surface area contributed by atoms with Crippen molar-refractivity contribution in [1.82, 2.24) is 9.88 Å². The highest BCUT2D eigenvalue weighted by atomic mass is 16.3. The molecule has 0 aliphatic carbocycles. The van der Waals surface area contributed by atoms with Crippen molar-refractivity contribution in [1.29, 1.82) is 0 Å². The van der Waals surface area contributed by atoms with Crippen LogP contribution in [0.5, 0.6) is 0 Å². The van der Waals surface area contributed by atoms with Crippen molar-refractivity contribution in [2.75, 3.05) is 36.4 Å². The number of aliphatic hydroxyl groups is 1. The van der Waals surface area contributed by atoms with Crippen LogP contribution in [0.4, 0.5) is 16.3 Å². The number of anilines is 2. The lowest BCUT2D eigenvalue weighted by atomic mass is 10.1. The van der Waals surface area contributed by atoms with E-state index in [0.29, 0.717) is 18.8 Å². The summed E-state index contributed by atoms with van der Waals surface area (Å²) in [5.74, 6) is 0.978. The average molecular weight is 304 g/mol. The Morgan fingerprint density at radius 3 is 2.68 bits per heavy atom. The number of rotatable bonds is 2. The Morgan fingerprint density at radius 2 is 2.00 bits per heavy atom. The summed E-state index contributed by atoms with van der Waals surface area (Å²) in [5, 5.41) is 12.5. The third-order valence-corrected chi connectivity index (χ3v) is 4.36. The molecular weight excluding hydrogens is 280 g/mol. The number of piperidine rings is 2. The average Bonchev–Trinajstić information content (AvgIpc) is 2.56. The van der Waals surface area contributed by atoms with Crippen LogP contribution < -0.4 is 10.2 Å². The highest BCUT2D eigenvalue weighted by molar-refractivity contribution is 5.89. The van der Waals surface area contributed by atoms with Gasteiger partial charge >= 0.3 is 6.03 Å². The van der Waals surface area contributed by atoms with E-state index in [1.54, 1.807) is 11.1 Å². The molecule has 0 saturated carbocycles. The number of carbonyl (C=O) groups is 1. The largest absolute Gasteiger partial charge is 0.391 e. The van der Waals surface area contributed by atoms with Crippen molar-refractivity contribution in [3.05, 3.63) is 18.3 Å². The number of hydrogen-bond acceptors (Lipinski definition) is 4. The first kappa shape index (κ1) is 15.1. The Hall–Kier alpha value is -1.82. The monoisotopic (exact) mass is 304 g/mol. The minimum Gasteiger partial charge on any atom is -0.391 e. The lowest BCUT2D eigenvalue weighted by Gasteiger charge is -2.30. The van der Waals surface area contributed by atoms with Gasteiger partial charge in [0.15, 0.2) is 0 Å². The summed E-state index contributed by atoms with van der Waals surface area (Å²) in [6.07, 6.45) is 6.67. The van der Waals surface area contributed by atoms with Gasteiger partial charge in [-0.1, -0.05) is 0 Å². The van der Waals surface area contributed by atoms with Gasteiger partial charge in [0.25, 0.3) is 0 Å². The van der Waals surface area contributed by atoms with Gasteiger partial charge in [-0.15, -0.1) is 0 Å². The second-order valence-corrected chi connectivity index (χ2v) is 6.13. The molecule has 2 aliphatic rings. The van der Waals surface area contributed by atoms with Gasteiger partial charge in [-0.25, -0.2) is 9.78 Å². The molecule has 22 heavy (non-hydrogen) atoms. The van der Waals surface area contributed by atoms with E-state index in [1.165, 1.54) is 19.3 Å². The van der Waals surface area contributed by atoms with E-state index in [9.17, 15) is 9.90 Å². The maximum atomic E-state index is 12.2. The number of urea groups is 1. The number of nitrogens with one attached hydrogen (secondary N) is 1. The molecule has 0 radical (unpaired) electrons. The quantitative estimate of drug-likeness (QED) is 0.877. The summed E-state index contributed by atoms with van der Waals surface area (Å²) in [6, 6.07) is 3.70. The van der Waals surface area contributed by atoms with E-state index >= 15 is 0 Å². The van der Waals surface area contributed by atoms with E-state index < -0.39 is 6.10 Å². The summed E-state index contributed by atoms with van der Waals surface area (Å²) in [5.41, 5.74) is 0.700. The number of likely N-dealkylation sites (tertiary alicyclic amines) is 1. The van der Waals surface area contributed by atoms with Crippen LogP contribution in [0.1, 0.15) is 32.1 Å². The van der Waals surface area contributed by atoms with Crippen LogP contribution in [-0.2, 0) is 0 Å². The van der Waals surface area contributed by atoms with Gasteiger partial charge in [0, 0.05) is 26.2 Å². The highest BCUT2D eigenvalue weighted by Crippen LogP contribution is 2.19. The van der Waals surface area contributed by atoms with Crippen LogP contribution in [0.15, 0.2) is 18.3 Å². The SMILES string of the molecule is O=C(Nc1ccc(N2CCCCC2)nc1)N1CCCC(O)C1. The van der Waals surface area contributed by atoms with Crippen molar-refractivity contribution in [2.24, 2.45) is 0 Å². The predicted octanol–water partition coefficient (Wildman–Crippen LogP) is 2.06. The zero-order valence-electron chi connectivity index (χ0n) is 12.9. The van der Waals surface area contributed by atoms with Gasteiger partial charge in [0.05, 0.1) is 18.0 Å². The summed E-state index contributed by atoms with van der Waals surface area (Å²) >= 11 is 0. The van der Waals surface area contributed by atoms with Crippen LogP contribution in [0, 0.1) is 0 Å². The molecule has 0 aromatic carbocycles. The first-order chi connectivity index (χ1) is 10.7. The third kappa shape index (κ3) is 3.68. The maximum absolute atomic E-state index is 12.2. The van der Waals surface area contributed by atoms with Gasteiger partial charge in [-0.2, -0.15) is 0 Å². The Morgan fingerprint density at radius 1 is 1.18 bits per heavy atom. The van der Waals surface area contributed by atoms with Crippen molar-refractivity contribution < 1.29 is 9.90 Å². The van der Waals surface area contributed by atoms with Crippen LogP contribution >= 0.6 is 0 Å².